The number of aromatic nitrogens is 1. The Morgan fingerprint density at radius 1 is 1.37 bits per heavy atom. The van der Waals surface area contributed by atoms with Crippen molar-refractivity contribution in [1.29, 1.82) is 5.26 Å². The minimum atomic E-state index is 0.0977. The number of phenolic OH excluding ortho intramolecular Hbond substituents is 1. The molecule has 0 spiro atoms. The summed E-state index contributed by atoms with van der Waals surface area (Å²) in [6, 6.07) is 12.3. The van der Waals surface area contributed by atoms with Crippen molar-refractivity contribution in [3.05, 3.63) is 47.7 Å². The van der Waals surface area contributed by atoms with Gasteiger partial charge in [0.2, 0.25) is 0 Å². The fourth-order valence-corrected chi connectivity index (χ4v) is 1.63. The maximum Gasteiger partial charge on any atom is 0.160 e. The smallest absolute Gasteiger partial charge is 0.160 e. The summed E-state index contributed by atoms with van der Waals surface area (Å²) in [5.74, 6) is 1.16. The van der Waals surface area contributed by atoms with E-state index in [1.54, 1.807) is 30.3 Å². The van der Waals surface area contributed by atoms with Crippen molar-refractivity contribution >= 4 is 5.82 Å². The molecular weight excluding hydrogens is 242 g/mol. The van der Waals surface area contributed by atoms with Crippen molar-refractivity contribution in [2.75, 3.05) is 12.4 Å². The van der Waals surface area contributed by atoms with Crippen LogP contribution < -0.4 is 10.1 Å². The molecule has 0 amide bonds. The molecule has 1 aromatic heterocycles. The molecule has 2 aromatic rings. The number of aromatic hydroxyl groups is 1. The van der Waals surface area contributed by atoms with Gasteiger partial charge >= 0.3 is 0 Å². The lowest BCUT2D eigenvalue weighted by molar-refractivity contribution is 0.373. The number of ether oxygens (including phenoxy) is 1. The van der Waals surface area contributed by atoms with Gasteiger partial charge in [-0.05, 0) is 29.8 Å². The van der Waals surface area contributed by atoms with Crippen molar-refractivity contribution in [2.45, 2.75) is 6.54 Å². The lowest BCUT2D eigenvalue weighted by Crippen LogP contribution is -2.02. The lowest BCUT2D eigenvalue weighted by Gasteiger charge is -2.08. The van der Waals surface area contributed by atoms with Gasteiger partial charge in [0.15, 0.2) is 11.5 Å². The first kappa shape index (κ1) is 12.7. The number of nitriles is 1. The Hall–Kier alpha value is -2.74. The minimum Gasteiger partial charge on any atom is -0.504 e. The van der Waals surface area contributed by atoms with Crippen molar-refractivity contribution in [3.63, 3.8) is 0 Å². The average molecular weight is 255 g/mol. The molecule has 1 heterocycles. The molecule has 5 nitrogen and oxygen atoms in total. The summed E-state index contributed by atoms with van der Waals surface area (Å²) in [5, 5.41) is 21.5. The number of rotatable bonds is 4. The molecule has 0 radical (unpaired) electrons. The third-order valence-corrected chi connectivity index (χ3v) is 2.58. The summed E-state index contributed by atoms with van der Waals surface area (Å²) in [7, 11) is 1.50. The molecule has 0 bridgehead atoms. The Labute approximate surface area is 111 Å². The first-order valence-electron chi connectivity index (χ1n) is 5.70. The first-order chi connectivity index (χ1) is 9.22. The average Bonchev–Trinajstić information content (AvgIpc) is 2.45. The van der Waals surface area contributed by atoms with Crippen LogP contribution in [-0.4, -0.2) is 17.2 Å². The van der Waals surface area contributed by atoms with Crippen molar-refractivity contribution in [1.82, 2.24) is 4.98 Å². The number of hydrogen-bond acceptors (Lipinski definition) is 5. The van der Waals surface area contributed by atoms with Gasteiger partial charge in [0.25, 0.3) is 0 Å². The molecule has 96 valence electrons. The Kier molecular flexibility index (Phi) is 3.84. The lowest BCUT2D eigenvalue weighted by atomic mass is 10.2. The van der Waals surface area contributed by atoms with E-state index in [9.17, 15) is 5.11 Å². The predicted octanol–water partition coefficient (Wildman–Crippen LogP) is 2.28. The number of phenols is 1. The second kappa shape index (κ2) is 5.74. The molecule has 0 aliphatic rings. The standard InChI is InChI=1S/C14H13N3O2/c1-19-13-6-5-10(7-12(13)18)9-16-14-4-2-3-11(8-15)17-14/h2-7,18H,9H2,1H3,(H,16,17). The van der Waals surface area contributed by atoms with E-state index in [1.807, 2.05) is 12.1 Å². The van der Waals surface area contributed by atoms with E-state index in [-0.39, 0.29) is 5.75 Å². The van der Waals surface area contributed by atoms with Crippen molar-refractivity contribution < 1.29 is 9.84 Å². The van der Waals surface area contributed by atoms with Gasteiger partial charge in [0.1, 0.15) is 17.6 Å². The van der Waals surface area contributed by atoms with Crippen molar-refractivity contribution in [2.24, 2.45) is 0 Å². The molecule has 2 N–H and O–H groups in total. The third kappa shape index (κ3) is 3.13. The summed E-state index contributed by atoms with van der Waals surface area (Å²) in [4.78, 5) is 4.10. The van der Waals surface area contributed by atoms with Gasteiger partial charge in [-0.15, -0.1) is 0 Å². The normalized spacial score (nSPS) is 9.68. The molecule has 0 atom stereocenters. The van der Waals surface area contributed by atoms with Crippen LogP contribution in [0.3, 0.4) is 0 Å². The van der Waals surface area contributed by atoms with Gasteiger partial charge < -0.3 is 15.2 Å². The molecule has 0 aliphatic heterocycles. The molecule has 5 heteroatoms. The number of nitrogens with zero attached hydrogens (tertiary/aromatic N) is 2. The van der Waals surface area contributed by atoms with Gasteiger partial charge in [-0.25, -0.2) is 4.98 Å². The Morgan fingerprint density at radius 2 is 2.21 bits per heavy atom. The Morgan fingerprint density at radius 3 is 2.89 bits per heavy atom. The zero-order valence-corrected chi connectivity index (χ0v) is 10.4. The third-order valence-electron chi connectivity index (χ3n) is 2.58. The van der Waals surface area contributed by atoms with E-state index in [0.717, 1.165) is 5.56 Å². The second-order valence-corrected chi connectivity index (χ2v) is 3.88. The van der Waals surface area contributed by atoms with Gasteiger partial charge in [0, 0.05) is 6.54 Å². The molecule has 19 heavy (non-hydrogen) atoms. The van der Waals surface area contributed by atoms with Crippen LogP contribution in [0.1, 0.15) is 11.3 Å². The summed E-state index contributed by atoms with van der Waals surface area (Å²) in [5.41, 5.74) is 1.25. The zero-order valence-electron chi connectivity index (χ0n) is 10.4. The van der Waals surface area contributed by atoms with Crippen LogP contribution in [0, 0.1) is 11.3 Å². The molecule has 0 unspecified atom stereocenters. The van der Waals surface area contributed by atoms with Gasteiger partial charge in [-0.3, -0.25) is 0 Å². The topological polar surface area (TPSA) is 78.2 Å². The Bertz CT molecular complexity index is 620. The number of nitrogens with one attached hydrogen (secondary N) is 1. The number of methoxy groups -OCH3 is 1. The van der Waals surface area contributed by atoms with E-state index in [4.69, 9.17) is 10.00 Å². The molecule has 2 rings (SSSR count). The SMILES string of the molecule is COc1ccc(CNc2cccc(C#N)n2)cc1O. The number of pyridine rings is 1. The number of hydrogen-bond donors (Lipinski definition) is 2. The van der Waals surface area contributed by atoms with E-state index in [1.165, 1.54) is 7.11 Å². The minimum absolute atomic E-state index is 0.0977. The quantitative estimate of drug-likeness (QED) is 0.876. The summed E-state index contributed by atoms with van der Waals surface area (Å²) in [6.45, 7) is 0.499. The van der Waals surface area contributed by atoms with Gasteiger partial charge in [-0.2, -0.15) is 5.26 Å². The van der Waals surface area contributed by atoms with Crippen LogP contribution in [0.4, 0.5) is 5.82 Å². The van der Waals surface area contributed by atoms with Gasteiger partial charge in [0.05, 0.1) is 7.11 Å². The van der Waals surface area contributed by atoms with Crippen LogP contribution in [0.2, 0.25) is 0 Å². The first-order valence-corrected chi connectivity index (χ1v) is 5.70. The maximum absolute atomic E-state index is 9.66. The highest BCUT2D eigenvalue weighted by Crippen LogP contribution is 2.26. The van der Waals surface area contributed by atoms with E-state index in [0.29, 0.717) is 23.8 Å². The van der Waals surface area contributed by atoms with Crippen LogP contribution in [-0.2, 0) is 6.54 Å². The molecule has 0 fully saturated rings. The van der Waals surface area contributed by atoms with Crippen LogP contribution in [0.25, 0.3) is 0 Å². The summed E-state index contributed by atoms with van der Waals surface area (Å²) < 4.78 is 4.97. The highest BCUT2D eigenvalue weighted by Gasteiger charge is 2.03. The zero-order chi connectivity index (χ0) is 13.7. The van der Waals surface area contributed by atoms with Crippen molar-refractivity contribution in [3.8, 4) is 17.6 Å². The monoisotopic (exact) mass is 255 g/mol. The fourth-order valence-electron chi connectivity index (χ4n) is 1.63. The van der Waals surface area contributed by atoms with Crippen LogP contribution in [0.5, 0.6) is 11.5 Å². The van der Waals surface area contributed by atoms with E-state index in [2.05, 4.69) is 10.3 Å². The highest BCUT2D eigenvalue weighted by atomic mass is 16.5. The summed E-state index contributed by atoms with van der Waals surface area (Å²) in [6.07, 6.45) is 0. The second-order valence-electron chi connectivity index (χ2n) is 3.88. The molecule has 1 aromatic carbocycles. The fraction of sp³-hybridized carbons (Fsp3) is 0.143. The molecular formula is C14H13N3O2. The molecule has 0 saturated heterocycles. The molecule has 0 aliphatic carbocycles. The Balaban J connectivity index is 2.06. The maximum atomic E-state index is 9.66. The van der Waals surface area contributed by atoms with E-state index < -0.39 is 0 Å². The highest BCUT2D eigenvalue weighted by molar-refractivity contribution is 5.44. The predicted molar refractivity (Wildman–Crippen MR) is 70.9 cm³/mol. The van der Waals surface area contributed by atoms with Crippen LogP contribution in [0.15, 0.2) is 36.4 Å². The summed E-state index contributed by atoms with van der Waals surface area (Å²) >= 11 is 0. The van der Waals surface area contributed by atoms with E-state index >= 15 is 0 Å². The number of anilines is 1. The van der Waals surface area contributed by atoms with Gasteiger partial charge in [-0.1, -0.05) is 12.1 Å². The number of benzene rings is 1. The largest absolute Gasteiger partial charge is 0.504 e. The van der Waals surface area contributed by atoms with Crippen LogP contribution >= 0.6 is 0 Å². The molecule has 0 saturated carbocycles.